The molecule has 1 saturated heterocycles. The molecule has 1 amide bonds. The van der Waals surface area contributed by atoms with Crippen LogP contribution in [0.3, 0.4) is 0 Å². The fraction of sp³-hybridized carbons (Fsp3) is 0.400. The molecule has 1 aliphatic heterocycles. The molecule has 8 nitrogen and oxygen atoms in total. The van der Waals surface area contributed by atoms with Crippen LogP contribution in [0.15, 0.2) is 24.4 Å². The molecule has 3 aromatic heterocycles. The zero-order valence-corrected chi connectivity index (χ0v) is 16.3. The maximum absolute atomic E-state index is 12.3. The van der Waals surface area contributed by atoms with Crippen molar-refractivity contribution in [1.29, 1.82) is 0 Å². The standard InChI is InChI=1S/C20H24N6O2/c1-12-10-15-17(19(22-12)23-14-5-8-28-9-6-14)18(25-24-15)16-11-13(4-7-21-16)20(27)26(2)3/h4,7,10-11,14H,5-6,8-9H2,1-3H3,(H,22,23)(H,24,25). The monoisotopic (exact) mass is 380 g/mol. The third-order valence-corrected chi connectivity index (χ3v) is 4.89. The Morgan fingerprint density at radius 1 is 1.29 bits per heavy atom. The molecule has 0 aliphatic carbocycles. The normalized spacial score (nSPS) is 15.0. The molecule has 28 heavy (non-hydrogen) atoms. The van der Waals surface area contributed by atoms with Crippen molar-refractivity contribution in [2.45, 2.75) is 25.8 Å². The van der Waals surface area contributed by atoms with Crippen molar-refractivity contribution in [2.24, 2.45) is 0 Å². The number of aryl methyl sites for hydroxylation is 1. The summed E-state index contributed by atoms with van der Waals surface area (Å²) in [5.41, 5.74) is 3.69. The van der Waals surface area contributed by atoms with Crippen LogP contribution >= 0.6 is 0 Å². The summed E-state index contributed by atoms with van der Waals surface area (Å²) < 4.78 is 5.46. The summed E-state index contributed by atoms with van der Waals surface area (Å²) in [5, 5.41) is 12.0. The van der Waals surface area contributed by atoms with Gasteiger partial charge in [0.2, 0.25) is 0 Å². The van der Waals surface area contributed by atoms with E-state index >= 15 is 0 Å². The van der Waals surface area contributed by atoms with Crippen LogP contribution in [0.4, 0.5) is 5.82 Å². The predicted molar refractivity (Wildman–Crippen MR) is 107 cm³/mol. The van der Waals surface area contributed by atoms with Crippen LogP contribution in [0, 0.1) is 6.92 Å². The van der Waals surface area contributed by atoms with Crippen LogP contribution < -0.4 is 5.32 Å². The van der Waals surface area contributed by atoms with E-state index in [0.717, 1.165) is 48.5 Å². The van der Waals surface area contributed by atoms with Crippen molar-refractivity contribution in [3.05, 3.63) is 35.7 Å². The number of hydrogen-bond acceptors (Lipinski definition) is 6. The van der Waals surface area contributed by atoms with Crippen LogP contribution in [0.25, 0.3) is 22.3 Å². The number of ether oxygens (including phenoxy) is 1. The second-order valence-corrected chi connectivity index (χ2v) is 7.27. The van der Waals surface area contributed by atoms with E-state index in [2.05, 4.69) is 20.5 Å². The number of rotatable bonds is 4. The van der Waals surface area contributed by atoms with Crippen molar-refractivity contribution in [3.8, 4) is 11.4 Å². The summed E-state index contributed by atoms with van der Waals surface area (Å²) in [4.78, 5) is 23.1. The molecule has 4 heterocycles. The number of aromatic nitrogens is 4. The second kappa shape index (κ2) is 7.55. The number of H-pyrrole nitrogens is 1. The lowest BCUT2D eigenvalue weighted by molar-refractivity contribution is 0.0827. The SMILES string of the molecule is Cc1cc2[nH]nc(-c3cc(C(=O)N(C)C)ccn3)c2c(NC2CCOCC2)n1. The van der Waals surface area contributed by atoms with Crippen LogP contribution in [0.1, 0.15) is 28.9 Å². The smallest absolute Gasteiger partial charge is 0.253 e. The van der Waals surface area contributed by atoms with Crippen molar-refractivity contribution in [1.82, 2.24) is 25.1 Å². The number of nitrogens with one attached hydrogen (secondary N) is 2. The highest BCUT2D eigenvalue weighted by atomic mass is 16.5. The summed E-state index contributed by atoms with van der Waals surface area (Å²) in [6.45, 7) is 3.46. The third-order valence-electron chi connectivity index (χ3n) is 4.89. The Kier molecular flexibility index (Phi) is 4.95. The van der Waals surface area contributed by atoms with Gasteiger partial charge in [-0.1, -0.05) is 0 Å². The molecule has 0 aromatic carbocycles. The van der Waals surface area contributed by atoms with Crippen LogP contribution in [-0.2, 0) is 4.74 Å². The van der Waals surface area contributed by atoms with Gasteiger partial charge in [-0.15, -0.1) is 0 Å². The number of pyridine rings is 2. The van der Waals surface area contributed by atoms with Crippen LogP contribution in [0.5, 0.6) is 0 Å². The first-order chi connectivity index (χ1) is 13.5. The average Bonchev–Trinajstić information content (AvgIpc) is 3.12. The first-order valence-electron chi connectivity index (χ1n) is 9.41. The maximum atomic E-state index is 12.3. The Morgan fingerprint density at radius 3 is 2.82 bits per heavy atom. The molecule has 8 heteroatoms. The lowest BCUT2D eigenvalue weighted by Gasteiger charge is -2.24. The Hall–Kier alpha value is -3.00. The molecule has 2 N–H and O–H groups in total. The number of carbonyl (C=O) groups excluding carboxylic acids is 1. The minimum atomic E-state index is -0.0713. The van der Waals surface area contributed by atoms with E-state index in [1.54, 1.807) is 37.3 Å². The fourth-order valence-electron chi connectivity index (χ4n) is 3.45. The maximum Gasteiger partial charge on any atom is 0.253 e. The number of amides is 1. The predicted octanol–water partition coefficient (Wildman–Crippen LogP) is 2.62. The average molecular weight is 380 g/mol. The van der Waals surface area contributed by atoms with Gasteiger partial charge in [0, 0.05) is 50.8 Å². The lowest BCUT2D eigenvalue weighted by atomic mass is 10.1. The molecular weight excluding hydrogens is 356 g/mol. The van der Waals surface area contributed by atoms with Gasteiger partial charge in [0.1, 0.15) is 11.5 Å². The third kappa shape index (κ3) is 3.55. The highest BCUT2D eigenvalue weighted by Gasteiger charge is 2.20. The molecule has 1 aliphatic rings. The molecule has 0 atom stereocenters. The van der Waals surface area contributed by atoms with Gasteiger partial charge >= 0.3 is 0 Å². The first kappa shape index (κ1) is 18.4. The van der Waals surface area contributed by atoms with Crippen molar-refractivity contribution < 1.29 is 9.53 Å². The molecular formula is C20H24N6O2. The van der Waals surface area contributed by atoms with Gasteiger partial charge in [-0.2, -0.15) is 5.10 Å². The van der Waals surface area contributed by atoms with E-state index in [1.807, 2.05) is 13.0 Å². The van der Waals surface area contributed by atoms with Crippen molar-refractivity contribution in [3.63, 3.8) is 0 Å². The summed E-state index contributed by atoms with van der Waals surface area (Å²) in [5.74, 6) is 0.717. The molecule has 146 valence electrons. The van der Waals surface area contributed by atoms with Gasteiger partial charge in [0.15, 0.2) is 0 Å². The zero-order valence-electron chi connectivity index (χ0n) is 16.3. The summed E-state index contributed by atoms with van der Waals surface area (Å²) in [7, 11) is 3.46. The molecule has 0 unspecified atom stereocenters. The van der Waals surface area contributed by atoms with Crippen molar-refractivity contribution in [2.75, 3.05) is 32.6 Å². The van der Waals surface area contributed by atoms with E-state index in [9.17, 15) is 4.79 Å². The quantitative estimate of drug-likeness (QED) is 0.722. The van der Waals surface area contributed by atoms with Gasteiger partial charge in [-0.25, -0.2) is 4.98 Å². The van der Waals surface area contributed by atoms with E-state index in [1.165, 1.54) is 0 Å². The van der Waals surface area contributed by atoms with Gasteiger partial charge in [0.25, 0.3) is 5.91 Å². The van der Waals surface area contributed by atoms with Crippen molar-refractivity contribution >= 4 is 22.6 Å². The van der Waals surface area contributed by atoms with E-state index in [-0.39, 0.29) is 5.91 Å². The molecule has 4 rings (SSSR count). The van der Waals surface area contributed by atoms with E-state index in [4.69, 9.17) is 9.72 Å². The van der Waals surface area contributed by atoms with Gasteiger partial charge in [-0.05, 0) is 38.0 Å². The Bertz CT molecular complexity index is 1010. The van der Waals surface area contributed by atoms with Crippen LogP contribution in [-0.4, -0.2) is 64.3 Å². The lowest BCUT2D eigenvalue weighted by Crippen LogP contribution is -2.28. The molecule has 0 spiro atoms. The second-order valence-electron chi connectivity index (χ2n) is 7.27. The van der Waals surface area contributed by atoms with Gasteiger partial charge in [-0.3, -0.25) is 14.9 Å². The number of hydrogen-bond donors (Lipinski definition) is 2. The van der Waals surface area contributed by atoms with E-state index in [0.29, 0.717) is 23.0 Å². The van der Waals surface area contributed by atoms with Crippen LogP contribution in [0.2, 0.25) is 0 Å². The fourth-order valence-corrected chi connectivity index (χ4v) is 3.45. The Morgan fingerprint density at radius 2 is 2.07 bits per heavy atom. The molecule has 3 aromatic rings. The first-order valence-corrected chi connectivity index (χ1v) is 9.41. The topological polar surface area (TPSA) is 96.0 Å². The number of fused-ring (bicyclic) bond motifs is 1. The summed E-state index contributed by atoms with van der Waals surface area (Å²) in [6.07, 6.45) is 3.52. The molecule has 1 fully saturated rings. The van der Waals surface area contributed by atoms with Gasteiger partial charge in [0.05, 0.1) is 16.6 Å². The Balaban J connectivity index is 1.78. The number of carbonyl (C=O) groups is 1. The Labute approximate surface area is 163 Å². The van der Waals surface area contributed by atoms with E-state index < -0.39 is 0 Å². The number of anilines is 1. The minimum absolute atomic E-state index is 0.0713. The highest BCUT2D eigenvalue weighted by molar-refractivity contribution is 6.01. The minimum Gasteiger partial charge on any atom is -0.381 e. The molecule has 0 radical (unpaired) electrons. The number of nitrogens with zero attached hydrogens (tertiary/aromatic N) is 4. The molecule has 0 bridgehead atoms. The summed E-state index contributed by atoms with van der Waals surface area (Å²) >= 11 is 0. The highest BCUT2D eigenvalue weighted by Crippen LogP contribution is 2.32. The molecule has 0 saturated carbocycles. The largest absolute Gasteiger partial charge is 0.381 e. The zero-order chi connectivity index (χ0) is 19.7. The summed E-state index contributed by atoms with van der Waals surface area (Å²) in [6, 6.07) is 5.76. The van der Waals surface area contributed by atoms with Gasteiger partial charge < -0.3 is 15.0 Å². The number of aromatic amines is 1.